The molecule has 0 aliphatic carbocycles. The standard InChI is InChI=1S/C18H21ClN2O4/c1-12(22)15-16(13-2-4-14(19)5-3-13)21(18(24)17(15)23)7-6-20-8-10-25-11-9-20/h2-5,16,23H,6-11H2,1H3/t16-/m1/s1. The van der Waals surface area contributed by atoms with E-state index in [1.807, 2.05) is 0 Å². The molecule has 0 aromatic heterocycles. The quantitative estimate of drug-likeness (QED) is 0.864. The number of Topliss-reactive ketones (excluding diaryl/α,β-unsaturated/α-hetero) is 1. The fraction of sp³-hybridized carbons (Fsp3) is 0.444. The van der Waals surface area contributed by atoms with Crippen molar-refractivity contribution >= 4 is 23.3 Å². The summed E-state index contributed by atoms with van der Waals surface area (Å²) in [4.78, 5) is 28.4. The number of carbonyl (C=O) groups excluding carboxylic acids is 2. The number of amides is 1. The summed E-state index contributed by atoms with van der Waals surface area (Å²) in [5, 5.41) is 10.8. The van der Waals surface area contributed by atoms with Crippen molar-refractivity contribution in [2.45, 2.75) is 13.0 Å². The largest absolute Gasteiger partial charge is 0.503 e. The molecule has 1 aromatic carbocycles. The van der Waals surface area contributed by atoms with Gasteiger partial charge in [0.05, 0.1) is 24.8 Å². The molecule has 1 atom stereocenters. The first-order valence-electron chi connectivity index (χ1n) is 8.29. The van der Waals surface area contributed by atoms with Crippen molar-refractivity contribution in [1.29, 1.82) is 0 Å². The number of halogens is 1. The minimum absolute atomic E-state index is 0.147. The van der Waals surface area contributed by atoms with Crippen LogP contribution < -0.4 is 0 Å². The SMILES string of the molecule is CC(=O)C1=C(O)C(=O)N(CCN2CCOCC2)[C@@H]1c1ccc(Cl)cc1. The second-order valence-corrected chi connectivity index (χ2v) is 6.66. The summed E-state index contributed by atoms with van der Waals surface area (Å²) in [5.74, 6) is -1.26. The molecule has 6 nitrogen and oxygen atoms in total. The number of ketones is 1. The van der Waals surface area contributed by atoms with Gasteiger partial charge in [-0.3, -0.25) is 14.5 Å². The van der Waals surface area contributed by atoms with Crippen LogP contribution in [-0.2, 0) is 14.3 Å². The van der Waals surface area contributed by atoms with E-state index in [9.17, 15) is 14.7 Å². The molecule has 0 unspecified atom stereocenters. The summed E-state index contributed by atoms with van der Waals surface area (Å²) in [6.07, 6.45) is 0. The number of hydrogen-bond acceptors (Lipinski definition) is 5. The Bertz CT molecular complexity index is 696. The van der Waals surface area contributed by atoms with Crippen LogP contribution >= 0.6 is 11.6 Å². The van der Waals surface area contributed by atoms with E-state index in [4.69, 9.17) is 16.3 Å². The maximum atomic E-state index is 12.5. The molecule has 0 saturated carbocycles. The van der Waals surface area contributed by atoms with Crippen molar-refractivity contribution < 1.29 is 19.4 Å². The molecule has 2 heterocycles. The average molecular weight is 365 g/mol. The van der Waals surface area contributed by atoms with Crippen LogP contribution in [0.4, 0.5) is 0 Å². The summed E-state index contributed by atoms with van der Waals surface area (Å²) < 4.78 is 5.33. The lowest BCUT2D eigenvalue weighted by molar-refractivity contribution is -0.129. The number of rotatable bonds is 5. The van der Waals surface area contributed by atoms with Crippen molar-refractivity contribution in [1.82, 2.24) is 9.80 Å². The van der Waals surface area contributed by atoms with Gasteiger partial charge in [-0.1, -0.05) is 23.7 Å². The smallest absolute Gasteiger partial charge is 0.290 e. The molecule has 1 fully saturated rings. The van der Waals surface area contributed by atoms with E-state index in [0.717, 1.165) is 18.7 Å². The second kappa shape index (κ2) is 7.56. The van der Waals surface area contributed by atoms with Gasteiger partial charge in [-0.2, -0.15) is 0 Å². The highest BCUT2D eigenvalue weighted by molar-refractivity contribution is 6.30. The van der Waals surface area contributed by atoms with E-state index >= 15 is 0 Å². The molecule has 1 aromatic rings. The molecule has 1 N–H and O–H groups in total. The Kier molecular flexibility index (Phi) is 5.42. The Morgan fingerprint density at radius 1 is 1.24 bits per heavy atom. The number of nitrogens with zero attached hydrogens (tertiary/aromatic N) is 2. The van der Waals surface area contributed by atoms with Gasteiger partial charge < -0.3 is 14.7 Å². The lowest BCUT2D eigenvalue weighted by Gasteiger charge is -2.31. The Balaban J connectivity index is 1.85. The van der Waals surface area contributed by atoms with Crippen LogP contribution in [-0.4, -0.2) is 66.0 Å². The van der Waals surface area contributed by atoms with Crippen LogP contribution in [0.25, 0.3) is 0 Å². The minimum Gasteiger partial charge on any atom is -0.503 e. The van der Waals surface area contributed by atoms with Gasteiger partial charge in [0.2, 0.25) is 0 Å². The molecule has 0 bridgehead atoms. The van der Waals surface area contributed by atoms with Gasteiger partial charge in [-0.15, -0.1) is 0 Å². The molecule has 3 rings (SSSR count). The van der Waals surface area contributed by atoms with E-state index in [-0.39, 0.29) is 11.4 Å². The Morgan fingerprint density at radius 2 is 1.88 bits per heavy atom. The molecule has 25 heavy (non-hydrogen) atoms. The van der Waals surface area contributed by atoms with Crippen LogP contribution in [0.5, 0.6) is 0 Å². The molecule has 1 saturated heterocycles. The highest BCUT2D eigenvalue weighted by Crippen LogP contribution is 2.37. The summed E-state index contributed by atoms with van der Waals surface area (Å²) >= 11 is 5.95. The molecular weight excluding hydrogens is 344 g/mol. The topological polar surface area (TPSA) is 70.1 Å². The Hall–Kier alpha value is -1.89. The first kappa shape index (κ1) is 17.9. The predicted octanol–water partition coefficient (Wildman–Crippen LogP) is 1.96. The number of hydrogen-bond donors (Lipinski definition) is 1. The monoisotopic (exact) mass is 364 g/mol. The molecule has 2 aliphatic rings. The number of benzene rings is 1. The third-order valence-corrected chi connectivity index (χ3v) is 4.88. The summed E-state index contributed by atoms with van der Waals surface area (Å²) in [6, 6.07) is 6.42. The fourth-order valence-corrected chi connectivity index (χ4v) is 3.44. The first-order chi connectivity index (χ1) is 12.0. The van der Waals surface area contributed by atoms with Crippen molar-refractivity contribution in [2.75, 3.05) is 39.4 Å². The first-order valence-corrected chi connectivity index (χ1v) is 8.67. The van der Waals surface area contributed by atoms with Gasteiger partial charge in [0.15, 0.2) is 11.5 Å². The summed E-state index contributed by atoms with van der Waals surface area (Å²) in [5.41, 5.74) is 0.906. The van der Waals surface area contributed by atoms with Gasteiger partial charge in [-0.05, 0) is 24.6 Å². The third kappa shape index (κ3) is 3.71. The fourth-order valence-electron chi connectivity index (χ4n) is 3.31. The molecule has 7 heteroatoms. The third-order valence-electron chi connectivity index (χ3n) is 4.63. The van der Waals surface area contributed by atoms with Crippen molar-refractivity contribution in [3.05, 3.63) is 46.2 Å². The summed E-state index contributed by atoms with van der Waals surface area (Å²) in [6.45, 7) is 5.44. The lowest BCUT2D eigenvalue weighted by atomic mass is 9.97. The summed E-state index contributed by atoms with van der Waals surface area (Å²) in [7, 11) is 0. The zero-order valence-electron chi connectivity index (χ0n) is 14.1. The Labute approximate surface area is 151 Å². The average Bonchev–Trinajstić information content (AvgIpc) is 2.86. The Morgan fingerprint density at radius 3 is 2.48 bits per heavy atom. The predicted molar refractivity (Wildman–Crippen MR) is 93.5 cm³/mol. The maximum Gasteiger partial charge on any atom is 0.290 e. The van der Waals surface area contributed by atoms with Gasteiger partial charge in [-0.25, -0.2) is 0 Å². The van der Waals surface area contributed by atoms with Crippen LogP contribution in [0.1, 0.15) is 18.5 Å². The molecule has 134 valence electrons. The lowest BCUT2D eigenvalue weighted by Crippen LogP contribution is -2.43. The molecule has 1 amide bonds. The zero-order chi connectivity index (χ0) is 18.0. The number of carbonyl (C=O) groups is 2. The van der Waals surface area contributed by atoms with E-state index < -0.39 is 17.7 Å². The van der Waals surface area contributed by atoms with Crippen LogP contribution in [0.3, 0.4) is 0 Å². The van der Waals surface area contributed by atoms with Crippen LogP contribution in [0.15, 0.2) is 35.6 Å². The molecule has 2 aliphatic heterocycles. The van der Waals surface area contributed by atoms with Gasteiger partial charge >= 0.3 is 0 Å². The second-order valence-electron chi connectivity index (χ2n) is 6.23. The number of aliphatic hydroxyl groups excluding tert-OH is 1. The van der Waals surface area contributed by atoms with E-state index in [1.165, 1.54) is 6.92 Å². The van der Waals surface area contributed by atoms with Gasteiger partial charge in [0.25, 0.3) is 5.91 Å². The highest BCUT2D eigenvalue weighted by atomic mass is 35.5. The highest BCUT2D eigenvalue weighted by Gasteiger charge is 2.42. The number of morpholine rings is 1. The normalized spacial score (nSPS) is 21.9. The molecule has 0 radical (unpaired) electrons. The van der Waals surface area contributed by atoms with Crippen molar-refractivity contribution in [3.63, 3.8) is 0 Å². The van der Waals surface area contributed by atoms with E-state index in [2.05, 4.69) is 4.90 Å². The molecular formula is C18H21ClN2O4. The molecule has 0 spiro atoms. The zero-order valence-corrected chi connectivity index (χ0v) is 14.8. The van der Waals surface area contributed by atoms with Gasteiger partial charge in [0.1, 0.15) is 0 Å². The van der Waals surface area contributed by atoms with Crippen LogP contribution in [0.2, 0.25) is 5.02 Å². The van der Waals surface area contributed by atoms with Crippen molar-refractivity contribution in [3.8, 4) is 0 Å². The minimum atomic E-state index is -0.580. The maximum absolute atomic E-state index is 12.5. The van der Waals surface area contributed by atoms with Gasteiger partial charge in [0, 0.05) is 31.2 Å². The number of aliphatic hydroxyl groups is 1. The van der Waals surface area contributed by atoms with Crippen LogP contribution in [0, 0.1) is 0 Å². The number of ether oxygens (including phenoxy) is 1. The van der Waals surface area contributed by atoms with Crippen molar-refractivity contribution in [2.24, 2.45) is 0 Å². The van der Waals surface area contributed by atoms with E-state index in [0.29, 0.717) is 31.3 Å². The van der Waals surface area contributed by atoms with E-state index in [1.54, 1.807) is 29.2 Å².